The highest BCUT2D eigenvalue weighted by Crippen LogP contribution is 2.39. The van der Waals surface area contributed by atoms with E-state index < -0.39 is 0 Å². The van der Waals surface area contributed by atoms with Gasteiger partial charge in [-0.1, -0.05) is 30.9 Å². The molecule has 1 aliphatic carbocycles. The third kappa shape index (κ3) is 2.64. The zero-order valence-corrected chi connectivity index (χ0v) is 12.5. The van der Waals surface area contributed by atoms with E-state index in [1.807, 2.05) is 18.2 Å². The number of halogens is 1. The molecule has 1 heterocycles. The molecular weight excluding hydrogens is 270 g/mol. The van der Waals surface area contributed by atoms with E-state index in [0.29, 0.717) is 10.6 Å². The number of nitrogen functional groups attached to an aromatic ring is 1. The number of hydrogen-bond acceptors (Lipinski definition) is 2. The molecule has 1 aromatic carbocycles. The predicted molar refractivity (Wildman–Crippen MR) is 84.7 cm³/mol. The number of fused-ring (bicyclic) bond motifs is 1. The maximum Gasteiger partial charge on any atom is 0.122 e. The highest BCUT2D eigenvalue weighted by Gasteiger charge is 2.31. The summed E-state index contributed by atoms with van der Waals surface area (Å²) in [5.41, 5.74) is 7.31. The second-order valence-electron chi connectivity index (χ2n) is 6.12. The standard InChI is InChI=1S/C16H22ClN3/c17-14-9-12(16(18)19)5-6-15(14)20-8-7-11-3-1-2-4-13(11)10-20/h5-6,9,11,13H,1-4,7-8,10H2,(H3,18,19). The zero-order chi connectivity index (χ0) is 14.1. The molecule has 2 aliphatic rings. The van der Waals surface area contributed by atoms with Crippen molar-refractivity contribution in [3.63, 3.8) is 0 Å². The molecule has 0 spiro atoms. The van der Waals surface area contributed by atoms with Crippen LogP contribution in [-0.2, 0) is 0 Å². The molecule has 3 rings (SSSR count). The summed E-state index contributed by atoms with van der Waals surface area (Å²) >= 11 is 6.39. The second kappa shape index (κ2) is 5.65. The van der Waals surface area contributed by atoms with Crippen molar-refractivity contribution >= 4 is 23.1 Å². The van der Waals surface area contributed by atoms with Crippen LogP contribution in [0.2, 0.25) is 5.02 Å². The Morgan fingerprint density at radius 3 is 2.65 bits per heavy atom. The number of piperidine rings is 1. The molecule has 0 aromatic heterocycles. The number of anilines is 1. The van der Waals surface area contributed by atoms with Gasteiger partial charge in [0.05, 0.1) is 10.7 Å². The van der Waals surface area contributed by atoms with Gasteiger partial charge in [0.1, 0.15) is 5.84 Å². The molecule has 0 radical (unpaired) electrons. The van der Waals surface area contributed by atoms with Crippen LogP contribution in [0.4, 0.5) is 5.69 Å². The van der Waals surface area contributed by atoms with Crippen LogP contribution in [0.3, 0.4) is 0 Å². The van der Waals surface area contributed by atoms with Crippen LogP contribution >= 0.6 is 11.6 Å². The van der Waals surface area contributed by atoms with Gasteiger partial charge in [-0.2, -0.15) is 0 Å². The molecule has 3 N–H and O–H groups in total. The van der Waals surface area contributed by atoms with Gasteiger partial charge in [-0.05, 0) is 42.9 Å². The van der Waals surface area contributed by atoms with Gasteiger partial charge in [-0.3, -0.25) is 5.41 Å². The average Bonchev–Trinajstić information content (AvgIpc) is 2.46. The van der Waals surface area contributed by atoms with Crippen molar-refractivity contribution in [1.82, 2.24) is 0 Å². The van der Waals surface area contributed by atoms with Gasteiger partial charge in [0.15, 0.2) is 0 Å². The van der Waals surface area contributed by atoms with E-state index in [4.69, 9.17) is 22.7 Å². The van der Waals surface area contributed by atoms with Crippen molar-refractivity contribution in [2.75, 3.05) is 18.0 Å². The van der Waals surface area contributed by atoms with E-state index >= 15 is 0 Å². The number of hydrogen-bond donors (Lipinski definition) is 2. The Labute approximate surface area is 125 Å². The molecular formula is C16H22ClN3. The van der Waals surface area contributed by atoms with Crippen molar-refractivity contribution in [3.05, 3.63) is 28.8 Å². The predicted octanol–water partition coefficient (Wildman–Crippen LogP) is 3.64. The number of nitrogens with one attached hydrogen (secondary N) is 1. The second-order valence-corrected chi connectivity index (χ2v) is 6.53. The van der Waals surface area contributed by atoms with E-state index in [0.717, 1.165) is 30.6 Å². The summed E-state index contributed by atoms with van der Waals surface area (Å²) in [4.78, 5) is 2.42. The number of nitrogens with two attached hydrogens (primary N) is 1. The molecule has 1 saturated heterocycles. The normalized spacial score (nSPS) is 26.1. The molecule has 4 heteroatoms. The monoisotopic (exact) mass is 291 g/mol. The van der Waals surface area contributed by atoms with Crippen LogP contribution in [0.15, 0.2) is 18.2 Å². The summed E-state index contributed by atoms with van der Waals surface area (Å²) in [6.45, 7) is 2.23. The van der Waals surface area contributed by atoms with E-state index in [1.54, 1.807) is 0 Å². The van der Waals surface area contributed by atoms with E-state index in [1.165, 1.54) is 32.1 Å². The minimum atomic E-state index is 0.0736. The van der Waals surface area contributed by atoms with Gasteiger partial charge in [-0.15, -0.1) is 0 Å². The van der Waals surface area contributed by atoms with Crippen molar-refractivity contribution in [2.24, 2.45) is 17.6 Å². The molecule has 20 heavy (non-hydrogen) atoms. The Hall–Kier alpha value is -1.22. The summed E-state index contributed by atoms with van der Waals surface area (Å²) in [5, 5.41) is 8.19. The van der Waals surface area contributed by atoms with Crippen LogP contribution in [0, 0.1) is 17.2 Å². The molecule has 2 fully saturated rings. The van der Waals surface area contributed by atoms with Crippen molar-refractivity contribution in [3.8, 4) is 0 Å². The molecule has 2 unspecified atom stereocenters. The lowest BCUT2D eigenvalue weighted by molar-refractivity contribution is 0.202. The summed E-state index contributed by atoms with van der Waals surface area (Å²) in [7, 11) is 0. The maximum atomic E-state index is 7.47. The van der Waals surface area contributed by atoms with Crippen LogP contribution in [0.1, 0.15) is 37.7 Å². The first-order chi connectivity index (χ1) is 9.65. The topological polar surface area (TPSA) is 53.1 Å². The fourth-order valence-corrected chi connectivity index (χ4v) is 4.05. The van der Waals surface area contributed by atoms with Crippen molar-refractivity contribution in [2.45, 2.75) is 32.1 Å². The molecule has 0 bridgehead atoms. The van der Waals surface area contributed by atoms with Crippen molar-refractivity contribution in [1.29, 1.82) is 5.41 Å². The van der Waals surface area contributed by atoms with Crippen LogP contribution < -0.4 is 10.6 Å². The number of benzene rings is 1. The molecule has 2 atom stereocenters. The number of amidine groups is 1. The Balaban J connectivity index is 1.78. The Morgan fingerprint density at radius 2 is 1.95 bits per heavy atom. The lowest BCUT2D eigenvalue weighted by atomic mass is 9.75. The molecule has 0 amide bonds. The summed E-state index contributed by atoms with van der Waals surface area (Å²) in [6, 6.07) is 5.73. The van der Waals surface area contributed by atoms with Crippen LogP contribution in [0.25, 0.3) is 0 Å². The van der Waals surface area contributed by atoms with Crippen LogP contribution in [-0.4, -0.2) is 18.9 Å². The summed E-state index contributed by atoms with van der Waals surface area (Å²) in [6.07, 6.45) is 6.86. The van der Waals surface area contributed by atoms with E-state index in [-0.39, 0.29) is 5.84 Å². The fraction of sp³-hybridized carbons (Fsp3) is 0.562. The lowest BCUT2D eigenvalue weighted by Gasteiger charge is -2.42. The maximum absolute atomic E-state index is 7.47. The largest absolute Gasteiger partial charge is 0.384 e. The first-order valence-electron chi connectivity index (χ1n) is 7.54. The molecule has 1 aliphatic heterocycles. The minimum Gasteiger partial charge on any atom is -0.384 e. The molecule has 3 nitrogen and oxygen atoms in total. The summed E-state index contributed by atoms with van der Waals surface area (Å²) in [5.74, 6) is 1.83. The Morgan fingerprint density at radius 1 is 1.20 bits per heavy atom. The van der Waals surface area contributed by atoms with Crippen molar-refractivity contribution < 1.29 is 0 Å². The van der Waals surface area contributed by atoms with Gasteiger partial charge >= 0.3 is 0 Å². The van der Waals surface area contributed by atoms with Gasteiger partial charge in [-0.25, -0.2) is 0 Å². The van der Waals surface area contributed by atoms with Gasteiger partial charge in [0.25, 0.3) is 0 Å². The van der Waals surface area contributed by atoms with Crippen LogP contribution in [0.5, 0.6) is 0 Å². The number of rotatable bonds is 2. The minimum absolute atomic E-state index is 0.0736. The lowest BCUT2D eigenvalue weighted by Crippen LogP contribution is -2.42. The zero-order valence-electron chi connectivity index (χ0n) is 11.7. The molecule has 108 valence electrons. The number of nitrogens with zero attached hydrogens (tertiary/aromatic N) is 1. The molecule has 1 saturated carbocycles. The highest BCUT2D eigenvalue weighted by molar-refractivity contribution is 6.33. The fourth-order valence-electron chi connectivity index (χ4n) is 3.75. The van der Waals surface area contributed by atoms with Gasteiger partial charge in [0.2, 0.25) is 0 Å². The Kier molecular flexibility index (Phi) is 3.88. The first-order valence-corrected chi connectivity index (χ1v) is 7.92. The average molecular weight is 292 g/mol. The smallest absolute Gasteiger partial charge is 0.122 e. The highest BCUT2D eigenvalue weighted by atomic mass is 35.5. The Bertz CT molecular complexity index is 514. The van der Waals surface area contributed by atoms with E-state index in [2.05, 4.69) is 4.90 Å². The molecule has 1 aromatic rings. The van der Waals surface area contributed by atoms with E-state index in [9.17, 15) is 0 Å². The third-order valence-corrected chi connectivity index (χ3v) is 5.19. The quantitative estimate of drug-likeness (QED) is 0.645. The third-order valence-electron chi connectivity index (χ3n) is 4.89. The SMILES string of the molecule is N=C(N)c1ccc(N2CCC3CCCCC3C2)c(Cl)c1. The summed E-state index contributed by atoms with van der Waals surface area (Å²) < 4.78 is 0. The van der Waals surface area contributed by atoms with Gasteiger partial charge in [0, 0.05) is 18.7 Å². The van der Waals surface area contributed by atoms with Gasteiger partial charge < -0.3 is 10.6 Å². The first kappa shape index (κ1) is 13.7.